The zero-order chi connectivity index (χ0) is 27.8. The zero-order valence-electron chi connectivity index (χ0n) is 22.7. The Morgan fingerprint density at radius 2 is 1.29 bits per heavy atom. The number of benzene rings is 1. The van der Waals surface area contributed by atoms with Gasteiger partial charge in [-0.15, -0.1) is 0 Å². The lowest BCUT2D eigenvalue weighted by Crippen LogP contribution is -2.48. The number of aryl methyl sites for hydroxylation is 2. The summed E-state index contributed by atoms with van der Waals surface area (Å²) in [6, 6.07) is 24.7. The average Bonchev–Trinajstić information content (AvgIpc) is 3.13. The van der Waals surface area contributed by atoms with E-state index in [4.69, 9.17) is 0 Å². The second-order valence-electron chi connectivity index (χ2n) is 10.8. The molecule has 5 heteroatoms. The molecule has 0 fully saturated rings. The summed E-state index contributed by atoms with van der Waals surface area (Å²) in [7, 11) is 3.87. The highest BCUT2D eigenvalue weighted by Gasteiger charge is 2.64. The molecule has 4 rings (SSSR count). The SMILES string of the molecule is Cc1cc(C2C=CC(c3ccc(N(C)C)cc3)C(C#N)(C#N)C2(C#N)C#N)c2c(C)ccc(C(C)C)cc1-2. The Morgan fingerprint density at radius 1 is 0.737 bits per heavy atom. The number of nitrogens with zero attached hydrogens (tertiary/aromatic N) is 5. The van der Waals surface area contributed by atoms with Crippen molar-refractivity contribution in [2.45, 2.75) is 45.4 Å². The maximum Gasteiger partial charge on any atom is 0.186 e. The van der Waals surface area contributed by atoms with E-state index in [1.807, 2.05) is 75.3 Å². The fourth-order valence-electron chi connectivity index (χ4n) is 5.85. The van der Waals surface area contributed by atoms with Gasteiger partial charge in [0.15, 0.2) is 10.8 Å². The Balaban J connectivity index is 2.00. The van der Waals surface area contributed by atoms with Crippen LogP contribution in [-0.2, 0) is 0 Å². The van der Waals surface area contributed by atoms with E-state index in [1.54, 1.807) is 0 Å². The Hall–Kier alpha value is -4.58. The molecule has 1 aromatic rings. The molecule has 0 spiro atoms. The lowest BCUT2D eigenvalue weighted by molar-refractivity contribution is 0.231. The molecule has 2 atom stereocenters. The summed E-state index contributed by atoms with van der Waals surface area (Å²) in [5, 5.41) is 42.4. The van der Waals surface area contributed by atoms with E-state index in [0.29, 0.717) is 5.92 Å². The summed E-state index contributed by atoms with van der Waals surface area (Å²) in [6.45, 7) is 8.35. The first kappa shape index (κ1) is 26.5. The van der Waals surface area contributed by atoms with Crippen molar-refractivity contribution < 1.29 is 0 Å². The van der Waals surface area contributed by atoms with Crippen LogP contribution in [0.2, 0.25) is 0 Å². The van der Waals surface area contributed by atoms with E-state index in [2.05, 4.69) is 56.3 Å². The van der Waals surface area contributed by atoms with Gasteiger partial charge in [0.25, 0.3) is 0 Å². The fourth-order valence-corrected chi connectivity index (χ4v) is 5.85. The maximum atomic E-state index is 10.7. The molecule has 5 nitrogen and oxygen atoms in total. The normalized spacial score (nSPS) is 19.2. The number of allylic oxidation sites excluding steroid dienone is 2. The number of hydrogen-bond donors (Lipinski definition) is 0. The van der Waals surface area contributed by atoms with Crippen molar-refractivity contribution in [3.63, 3.8) is 0 Å². The molecule has 188 valence electrons. The topological polar surface area (TPSA) is 98.4 Å². The molecule has 1 aromatic carbocycles. The van der Waals surface area contributed by atoms with Crippen LogP contribution >= 0.6 is 0 Å². The van der Waals surface area contributed by atoms with Crippen molar-refractivity contribution in [3.8, 4) is 35.4 Å². The number of hydrogen-bond acceptors (Lipinski definition) is 5. The summed E-state index contributed by atoms with van der Waals surface area (Å²) in [4.78, 5) is 1.96. The number of nitriles is 4. The van der Waals surface area contributed by atoms with Gasteiger partial charge >= 0.3 is 0 Å². The summed E-state index contributed by atoms with van der Waals surface area (Å²) >= 11 is 0. The first-order valence-electron chi connectivity index (χ1n) is 12.7. The lowest BCUT2D eigenvalue weighted by atomic mass is 9.50. The van der Waals surface area contributed by atoms with Gasteiger partial charge in [0.1, 0.15) is 0 Å². The molecule has 0 N–H and O–H groups in total. The van der Waals surface area contributed by atoms with Gasteiger partial charge in [-0.1, -0.05) is 62.4 Å². The minimum atomic E-state index is -1.93. The Labute approximate surface area is 225 Å². The molecule has 0 aliphatic heterocycles. The van der Waals surface area contributed by atoms with E-state index < -0.39 is 22.7 Å². The Kier molecular flexibility index (Phi) is 6.77. The largest absolute Gasteiger partial charge is 0.378 e. The molecular weight excluding hydrogens is 466 g/mol. The maximum absolute atomic E-state index is 10.7. The standard InChI is InChI=1S/C33H31N5/c1-21(2)25-8-7-22(3)31-27(16-25)23(4)15-28(31)30-14-13-29(24-9-11-26(12-10-24)38(5)6)32(17-34,18-35)33(30,19-36)20-37/h7-16,21,29-30H,1-6H3. The van der Waals surface area contributed by atoms with Gasteiger partial charge in [0.2, 0.25) is 0 Å². The third-order valence-electron chi connectivity index (χ3n) is 8.11. The van der Waals surface area contributed by atoms with E-state index in [0.717, 1.165) is 39.1 Å². The summed E-state index contributed by atoms with van der Waals surface area (Å²) in [5.41, 5.74) is 3.94. The third kappa shape index (κ3) is 3.72. The molecule has 38 heavy (non-hydrogen) atoms. The quantitative estimate of drug-likeness (QED) is 0.358. The average molecular weight is 498 g/mol. The van der Waals surface area contributed by atoms with Crippen LogP contribution in [0, 0.1) is 70.0 Å². The number of rotatable bonds is 4. The number of anilines is 1. The van der Waals surface area contributed by atoms with Gasteiger partial charge in [0, 0.05) is 31.6 Å². The van der Waals surface area contributed by atoms with E-state index in [1.165, 1.54) is 5.56 Å². The summed E-state index contributed by atoms with van der Waals surface area (Å²) in [6.07, 6.45) is 3.72. The number of fused-ring (bicyclic) bond motifs is 1. The van der Waals surface area contributed by atoms with E-state index >= 15 is 0 Å². The van der Waals surface area contributed by atoms with Crippen molar-refractivity contribution in [1.82, 2.24) is 0 Å². The highest BCUT2D eigenvalue weighted by molar-refractivity contribution is 5.80. The molecule has 0 radical (unpaired) electrons. The predicted octanol–water partition coefficient (Wildman–Crippen LogP) is 7.10. The van der Waals surface area contributed by atoms with Crippen LogP contribution in [-0.4, -0.2) is 14.1 Å². The second kappa shape index (κ2) is 9.71. The first-order valence-corrected chi connectivity index (χ1v) is 12.7. The molecular formula is C33H31N5. The van der Waals surface area contributed by atoms with Gasteiger partial charge in [-0.25, -0.2) is 0 Å². The van der Waals surface area contributed by atoms with Gasteiger partial charge in [-0.05, 0) is 70.8 Å². The zero-order valence-corrected chi connectivity index (χ0v) is 22.7. The fraction of sp³-hybridized carbons (Fsp3) is 0.333. The van der Waals surface area contributed by atoms with Gasteiger partial charge in [-0.2, -0.15) is 21.0 Å². The van der Waals surface area contributed by atoms with Crippen molar-refractivity contribution in [1.29, 1.82) is 21.0 Å². The van der Waals surface area contributed by atoms with Crippen molar-refractivity contribution in [3.05, 3.63) is 88.5 Å². The molecule has 2 unspecified atom stereocenters. The smallest absolute Gasteiger partial charge is 0.186 e. The van der Waals surface area contributed by atoms with Gasteiger partial charge < -0.3 is 4.90 Å². The molecule has 0 bridgehead atoms. The molecule has 0 amide bonds. The van der Waals surface area contributed by atoms with Gasteiger partial charge in [0.05, 0.1) is 24.3 Å². The monoisotopic (exact) mass is 497 g/mol. The Morgan fingerprint density at radius 3 is 1.82 bits per heavy atom. The predicted molar refractivity (Wildman–Crippen MR) is 149 cm³/mol. The molecule has 0 heterocycles. The minimum absolute atomic E-state index is 0.333. The van der Waals surface area contributed by atoms with Crippen LogP contribution in [0.5, 0.6) is 0 Å². The lowest BCUT2D eigenvalue weighted by Gasteiger charge is -2.43. The first-order chi connectivity index (χ1) is 18.1. The molecule has 3 aliphatic rings. The van der Waals surface area contributed by atoms with Gasteiger partial charge in [-0.3, -0.25) is 0 Å². The van der Waals surface area contributed by atoms with E-state index in [9.17, 15) is 21.0 Å². The van der Waals surface area contributed by atoms with Crippen LogP contribution in [0.1, 0.15) is 59.4 Å². The minimum Gasteiger partial charge on any atom is -0.378 e. The molecule has 0 saturated carbocycles. The highest BCUT2D eigenvalue weighted by Crippen LogP contribution is 2.61. The third-order valence-corrected chi connectivity index (χ3v) is 8.11. The van der Waals surface area contributed by atoms with Crippen LogP contribution in [0.25, 0.3) is 11.1 Å². The van der Waals surface area contributed by atoms with E-state index in [-0.39, 0.29) is 0 Å². The van der Waals surface area contributed by atoms with Crippen LogP contribution < -0.4 is 4.90 Å². The second-order valence-corrected chi connectivity index (χ2v) is 10.8. The van der Waals surface area contributed by atoms with Crippen LogP contribution in [0.3, 0.4) is 0 Å². The molecule has 0 aromatic heterocycles. The van der Waals surface area contributed by atoms with Crippen molar-refractivity contribution in [2.24, 2.45) is 10.8 Å². The Bertz CT molecular complexity index is 1520. The van der Waals surface area contributed by atoms with Crippen molar-refractivity contribution in [2.75, 3.05) is 19.0 Å². The van der Waals surface area contributed by atoms with Crippen LogP contribution in [0.15, 0.2) is 60.7 Å². The summed E-state index contributed by atoms with van der Waals surface area (Å²) < 4.78 is 0. The highest BCUT2D eigenvalue weighted by atomic mass is 15.1. The molecule has 0 saturated heterocycles. The summed E-state index contributed by atoms with van der Waals surface area (Å²) in [5.74, 6) is -1.16. The molecule has 3 aliphatic carbocycles. The van der Waals surface area contributed by atoms with Crippen molar-refractivity contribution >= 4 is 5.69 Å². The van der Waals surface area contributed by atoms with Crippen LogP contribution in [0.4, 0.5) is 5.69 Å².